The van der Waals surface area contributed by atoms with Crippen molar-refractivity contribution in [2.45, 2.75) is 19.1 Å². The number of hydrogen-bond acceptors (Lipinski definition) is 4. The van der Waals surface area contributed by atoms with E-state index in [0.29, 0.717) is 24.6 Å². The lowest BCUT2D eigenvalue weighted by molar-refractivity contribution is 0.0594. The van der Waals surface area contributed by atoms with Gasteiger partial charge in [0.1, 0.15) is 5.65 Å². The highest BCUT2D eigenvalue weighted by Crippen LogP contribution is 2.11. The maximum atomic E-state index is 9.49. The van der Waals surface area contributed by atoms with Crippen LogP contribution in [-0.2, 0) is 11.3 Å². The Labute approximate surface area is 117 Å². The molecule has 0 bridgehead atoms. The summed E-state index contributed by atoms with van der Waals surface area (Å²) in [6.45, 7) is 1.76. The number of aliphatic hydroxyl groups excluding tert-OH is 1. The highest BCUT2D eigenvalue weighted by atomic mass is 35.5. The largest absolute Gasteiger partial charge is 0.391 e. The number of aliphatic hydroxyl groups is 1. The van der Waals surface area contributed by atoms with Crippen LogP contribution in [-0.4, -0.2) is 40.9 Å². The molecule has 2 N–H and O–H groups in total. The average molecular weight is 284 g/mol. The van der Waals surface area contributed by atoms with Gasteiger partial charge >= 0.3 is 0 Å². The Kier molecular flexibility index (Phi) is 5.15. The zero-order chi connectivity index (χ0) is 13.7. The number of nitrogens with zero attached hydrogens (tertiary/aromatic N) is 2. The third kappa shape index (κ3) is 4.18. The standard InChI is InChI=1S/C13H18ClN3O2/c1-19-9-12(18)4-5-15-6-11-8-17-7-10(14)2-3-13(17)16-11/h2-3,7-8,12,15,18H,4-6,9H2,1H3. The number of pyridine rings is 1. The third-order valence-electron chi connectivity index (χ3n) is 2.78. The first-order valence-electron chi connectivity index (χ1n) is 6.20. The Balaban J connectivity index is 1.81. The molecule has 0 aliphatic rings. The predicted octanol–water partition coefficient (Wildman–Crippen LogP) is 1.47. The maximum absolute atomic E-state index is 9.49. The molecule has 5 nitrogen and oxygen atoms in total. The van der Waals surface area contributed by atoms with E-state index >= 15 is 0 Å². The molecule has 6 heteroatoms. The summed E-state index contributed by atoms with van der Waals surface area (Å²) in [5.74, 6) is 0. The van der Waals surface area contributed by atoms with E-state index in [-0.39, 0.29) is 0 Å². The molecular formula is C13H18ClN3O2. The first kappa shape index (κ1) is 14.3. The van der Waals surface area contributed by atoms with Gasteiger partial charge in [0.25, 0.3) is 0 Å². The molecule has 0 saturated heterocycles. The minimum atomic E-state index is -0.419. The van der Waals surface area contributed by atoms with Crippen molar-refractivity contribution in [2.24, 2.45) is 0 Å². The number of rotatable bonds is 7. The van der Waals surface area contributed by atoms with Gasteiger partial charge < -0.3 is 19.6 Å². The van der Waals surface area contributed by atoms with Crippen LogP contribution in [0.2, 0.25) is 5.02 Å². The summed E-state index contributed by atoms with van der Waals surface area (Å²) in [5.41, 5.74) is 1.82. The van der Waals surface area contributed by atoms with Gasteiger partial charge in [-0.3, -0.25) is 0 Å². The van der Waals surface area contributed by atoms with Crippen LogP contribution in [0.25, 0.3) is 5.65 Å². The van der Waals surface area contributed by atoms with Crippen molar-refractivity contribution in [3.8, 4) is 0 Å². The number of imidazole rings is 1. The molecule has 0 aliphatic carbocycles. The van der Waals surface area contributed by atoms with Gasteiger partial charge in [0.15, 0.2) is 0 Å². The fraction of sp³-hybridized carbons (Fsp3) is 0.462. The second-order valence-electron chi connectivity index (χ2n) is 4.42. The molecule has 0 aromatic carbocycles. The van der Waals surface area contributed by atoms with Crippen molar-refractivity contribution in [3.05, 3.63) is 35.2 Å². The highest BCUT2D eigenvalue weighted by Gasteiger charge is 2.04. The summed E-state index contributed by atoms with van der Waals surface area (Å²) in [6.07, 6.45) is 4.01. The van der Waals surface area contributed by atoms with Crippen LogP contribution in [0.1, 0.15) is 12.1 Å². The van der Waals surface area contributed by atoms with E-state index in [0.717, 1.165) is 17.9 Å². The maximum Gasteiger partial charge on any atom is 0.137 e. The summed E-state index contributed by atoms with van der Waals surface area (Å²) >= 11 is 5.92. The second-order valence-corrected chi connectivity index (χ2v) is 4.86. The van der Waals surface area contributed by atoms with Crippen LogP contribution in [0.4, 0.5) is 0 Å². The predicted molar refractivity (Wildman–Crippen MR) is 74.4 cm³/mol. The number of fused-ring (bicyclic) bond motifs is 1. The fourth-order valence-electron chi connectivity index (χ4n) is 1.86. The first-order chi connectivity index (χ1) is 9.19. The van der Waals surface area contributed by atoms with Gasteiger partial charge in [0, 0.05) is 26.0 Å². The molecule has 1 atom stereocenters. The number of halogens is 1. The van der Waals surface area contributed by atoms with Crippen molar-refractivity contribution in [2.75, 3.05) is 20.3 Å². The number of hydrogen-bond donors (Lipinski definition) is 2. The van der Waals surface area contributed by atoms with Crippen molar-refractivity contribution in [1.29, 1.82) is 0 Å². The molecule has 1 unspecified atom stereocenters. The van der Waals surface area contributed by atoms with E-state index in [1.165, 1.54) is 0 Å². The third-order valence-corrected chi connectivity index (χ3v) is 3.01. The molecular weight excluding hydrogens is 266 g/mol. The monoisotopic (exact) mass is 283 g/mol. The first-order valence-corrected chi connectivity index (χ1v) is 6.57. The Morgan fingerprint density at radius 2 is 2.32 bits per heavy atom. The van der Waals surface area contributed by atoms with Crippen LogP contribution in [0, 0.1) is 0 Å². The Hall–Kier alpha value is -1.14. The lowest BCUT2D eigenvalue weighted by atomic mass is 10.2. The average Bonchev–Trinajstić information content (AvgIpc) is 2.77. The Bertz CT molecular complexity index is 530. The molecule has 0 amide bonds. The van der Waals surface area contributed by atoms with Crippen LogP contribution >= 0.6 is 11.6 Å². The zero-order valence-corrected chi connectivity index (χ0v) is 11.6. The molecule has 2 aromatic heterocycles. The number of methoxy groups -OCH3 is 1. The summed E-state index contributed by atoms with van der Waals surface area (Å²) in [6, 6.07) is 3.70. The van der Waals surface area contributed by atoms with Gasteiger partial charge in [-0.15, -0.1) is 0 Å². The number of aromatic nitrogens is 2. The zero-order valence-electron chi connectivity index (χ0n) is 10.8. The minimum absolute atomic E-state index is 0.370. The molecule has 2 aromatic rings. The lowest BCUT2D eigenvalue weighted by Gasteiger charge is -2.09. The molecule has 0 radical (unpaired) electrons. The number of nitrogens with one attached hydrogen (secondary N) is 1. The highest BCUT2D eigenvalue weighted by molar-refractivity contribution is 6.30. The van der Waals surface area contributed by atoms with E-state index < -0.39 is 6.10 Å². The normalized spacial score (nSPS) is 13.0. The summed E-state index contributed by atoms with van der Waals surface area (Å²) in [4.78, 5) is 4.46. The van der Waals surface area contributed by atoms with E-state index in [9.17, 15) is 5.11 Å². The molecule has 0 saturated carbocycles. The van der Waals surface area contributed by atoms with E-state index in [4.69, 9.17) is 16.3 Å². The van der Waals surface area contributed by atoms with Crippen molar-refractivity contribution in [1.82, 2.24) is 14.7 Å². The fourth-order valence-corrected chi connectivity index (χ4v) is 2.03. The van der Waals surface area contributed by atoms with Gasteiger partial charge in [-0.2, -0.15) is 0 Å². The number of ether oxygens (including phenoxy) is 1. The van der Waals surface area contributed by atoms with E-state index in [1.807, 2.05) is 28.9 Å². The quantitative estimate of drug-likeness (QED) is 0.756. The van der Waals surface area contributed by atoms with Crippen LogP contribution in [0.5, 0.6) is 0 Å². The van der Waals surface area contributed by atoms with Gasteiger partial charge in [-0.1, -0.05) is 11.6 Å². The smallest absolute Gasteiger partial charge is 0.137 e. The molecule has 2 rings (SSSR count). The Morgan fingerprint density at radius 1 is 1.47 bits per heavy atom. The summed E-state index contributed by atoms with van der Waals surface area (Å²) in [7, 11) is 1.58. The van der Waals surface area contributed by atoms with Crippen LogP contribution < -0.4 is 5.32 Å². The van der Waals surface area contributed by atoms with Crippen molar-refractivity contribution >= 4 is 17.2 Å². The van der Waals surface area contributed by atoms with Crippen LogP contribution in [0.3, 0.4) is 0 Å². The lowest BCUT2D eigenvalue weighted by Crippen LogP contribution is -2.23. The van der Waals surface area contributed by atoms with Gasteiger partial charge in [0.2, 0.25) is 0 Å². The van der Waals surface area contributed by atoms with E-state index in [1.54, 1.807) is 7.11 Å². The summed E-state index contributed by atoms with van der Waals surface area (Å²) in [5, 5.41) is 13.4. The molecule has 2 heterocycles. The molecule has 0 aliphatic heterocycles. The molecule has 0 spiro atoms. The Morgan fingerprint density at radius 3 is 3.11 bits per heavy atom. The topological polar surface area (TPSA) is 58.8 Å². The minimum Gasteiger partial charge on any atom is -0.391 e. The van der Waals surface area contributed by atoms with Gasteiger partial charge in [0.05, 0.1) is 23.4 Å². The van der Waals surface area contributed by atoms with E-state index in [2.05, 4.69) is 10.3 Å². The molecule has 104 valence electrons. The second kappa shape index (κ2) is 6.86. The van der Waals surface area contributed by atoms with Crippen LogP contribution in [0.15, 0.2) is 24.5 Å². The van der Waals surface area contributed by atoms with Gasteiger partial charge in [-0.25, -0.2) is 4.98 Å². The van der Waals surface area contributed by atoms with Gasteiger partial charge in [-0.05, 0) is 25.1 Å². The molecule has 0 fully saturated rings. The SMILES string of the molecule is COCC(O)CCNCc1cn2cc(Cl)ccc2n1. The summed E-state index contributed by atoms with van der Waals surface area (Å²) < 4.78 is 6.77. The molecule has 19 heavy (non-hydrogen) atoms. The van der Waals surface area contributed by atoms with Crippen molar-refractivity contribution < 1.29 is 9.84 Å². The van der Waals surface area contributed by atoms with Crippen molar-refractivity contribution in [3.63, 3.8) is 0 Å².